The van der Waals surface area contributed by atoms with Gasteiger partial charge in [-0.3, -0.25) is 4.79 Å². The molecule has 0 aliphatic heterocycles. The van der Waals surface area contributed by atoms with Gasteiger partial charge in [0.05, 0.1) is 19.8 Å². The molecule has 0 atom stereocenters. The summed E-state index contributed by atoms with van der Waals surface area (Å²) in [6, 6.07) is 2.50. The number of rotatable bonds is 6. The molecule has 1 aromatic rings. The van der Waals surface area contributed by atoms with Crippen LogP contribution in [0, 0.1) is 5.92 Å². The van der Waals surface area contributed by atoms with E-state index >= 15 is 0 Å². The SMILES string of the molecule is COc1cc(OC)c(S(=O)(=O)Cl)cc1C(=O)NCC1CC1. The summed E-state index contributed by atoms with van der Waals surface area (Å²) in [7, 11) is 4.04. The zero-order chi connectivity index (χ0) is 15.6. The zero-order valence-electron chi connectivity index (χ0n) is 11.7. The summed E-state index contributed by atoms with van der Waals surface area (Å²) >= 11 is 0. The van der Waals surface area contributed by atoms with Gasteiger partial charge in [-0.1, -0.05) is 0 Å². The van der Waals surface area contributed by atoms with Gasteiger partial charge in [-0.05, 0) is 24.8 Å². The molecule has 0 saturated heterocycles. The molecule has 0 unspecified atom stereocenters. The number of benzene rings is 1. The monoisotopic (exact) mass is 333 g/mol. The van der Waals surface area contributed by atoms with E-state index in [1.807, 2.05) is 0 Å². The minimum absolute atomic E-state index is 0.0283. The molecular formula is C13H16ClNO5S. The van der Waals surface area contributed by atoms with Crippen molar-refractivity contribution in [1.82, 2.24) is 5.32 Å². The summed E-state index contributed by atoms with van der Waals surface area (Å²) in [6.07, 6.45) is 2.20. The molecule has 2 rings (SSSR count). The highest BCUT2D eigenvalue weighted by Crippen LogP contribution is 2.34. The topological polar surface area (TPSA) is 81.7 Å². The Bertz CT molecular complexity index is 655. The van der Waals surface area contributed by atoms with E-state index in [-0.39, 0.29) is 22.0 Å². The van der Waals surface area contributed by atoms with Crippen molar-refractivity contribution >= 4 is 25.6 Å². The first-order chi connectivity index (χ1) is 9.86. The van der Waals surface area contributed by atoms with Crippen LogP contribution in [0.1, 0.15) is 23.2 Å². The first-order valence-corrected chi connectivity index (χ1v) is 8.66. The number of nitrogens with one attached hydrogen (secondary N) is 1. The first kappa shape index (κ1) is 15.9. The lowest BCUT2D eigenvalue weighted by molar-refractivity contribution is 0.0948. The van der Waals surface area contributed by atoms with Gasteiger partial charge in [0.15, 0.2) is 0 Å². The molecule has 8 heteroatoms. The summed E-state index contributed by atoms with van der Waals surface area (Å²) in [5.74, 6) is 0.363. The summed E-state index contributed by atoms with van der Waals surface area (Å²) < 4.78 is 33.3. The van der Waals surface area contributed by atoms with Crippen molar-refractivity contribution in [2.24, 2.45) is 5.92 Å². The van der Waals surface area contributed by atoms with Crippen molar-refractivity contribution in [2.45, 2.75) is 17.7 Å². The van der Waals surface area contributed by atoms with Crippen molar-refractivity contribution in [3.05, 3.63) is 17.7 Å². The summed E-state index contributed by atoms with van der Waals surface area (Å²) in [5, 5.41) is 2.75. The van der Waals surface area contributed by atoms with Crippen LogP contribution in [0.3, 0.4) is 0 Å². The first-order valence-electron chi connectivity index (χ1n) is 6.35. The van der Waals surface area contributed by atoms with Crippen LogP contribution >= 0.6 is 10.7 Å². The molecule has 0 aromatic heterocycles. The number of methoxy groups -OCH3 is 2. The van der Waals surface area contributed by atoms with E-state index in [4.69, 9.17) is 20.2 Å². The number of amides is 1. The standard InChI is InChI=1S/C13H16ClNO5S/c1-19-10-6-11(20-2)12(21(14,17)18)5-9(10)13(16)15-7-8-3-4-8/h5-6,8H,3-4,7H2,1-2H3,(H,15,16). The maximum absolute atomic E-state index is 12.2. The molecule has 21 heavy (non-hydrogen) atoms. The quantitative estimate of drug-likeness (QED) is 0.802. The Morgan fingerprint density at radius 1 is 1.29 bits per heavy atom. The van der Waals surface area contributed by atoms with Crippen LogP contribution < -0.4 is 14.8 Å². The van der Waals surface area contributed by atoms with Crippen LogP contribution in [0.25, 0.3) is 0 Å². The van der Waals surface area contributed by atoms with Gasteiger partial charge in [0.2, 0.25) is 0 Å². The van der Waals surface area contributed by atoms with Gasteiger partial charge in [-0.15, -0.1) is 0 Å². The van der Waals surface area contributed by atoms with Crippen molar-refractivity contribution in [1.29, 1.82) is 0 Å². The molecule has 1 aliphatic carbocycles. The van der Waals surface area contributed by atoms with E-state index in [0.717, 1.165) is 12.8 Å². The lowest BCUT2D eigenvalue weighted by atomic mass is 10.1. The van der Waals surface area contributed by atoms with Crippen molar-refractivity contribution in [3.8, 4) is 11.5 Å². The lowest BCUT2D eigenvalue weighted by Gasteiger charge is -2.13. The van der Waals surface area contributed by atoms with Crippen LogP contribution in [0.15, 0.2) is 17.0 Å². The highest BCUT2D eigenvalue weighted by molar-refractivity contribution is 8.13. The molecule has 0 bridgehead atoms. The van der Waals surface area contributed by atoms with Gasteiger partial charge in [-0.25, -0.2) is 8.42 Å². The van der Waals surface area contributed by atoms with E-state index in [1.54, 1.807) is 0 Å². The second-order valence-corrected chi connectivity index (χ2v) is 7.33. The molecule has 1 aromatic carbocycles. The minimum atomic E-state index is -4.03. The Kier molecular flexibility index (Phi) is 4.63. The predicted molar refractivity (Wildman–Crippen MR) is 77.6 cm³/mol. The Balaban J connectivity index is 2.39. The van der Waals surface area contributed by atoms with Crippen molar-refractivity contribution in [2.75, 3.05) is 20.8 Å². The number of halogens is 1. The average molecular weight is 334 g/mol. The maximum Gasteiger partial charge on any atom is 0.265 e. The van der Waals surface area contributed by atoms with Gasteiger partial charge in [-0.2, -0.15) is 0 Å². The summed E-state index contributed by atoms with van der Waals surface area (Å²) in [4.78, 5) is 11.9. The van der Waals surface area contributed by atoms with E-state index in [0.29, 0.717) is 12.5 Å². The number of hydrogen-bond acceptors (Lipinski definition) is 5. The number of carbonyl (C=O) groups is 1. The molecule has 6 nitrogen and oxygen atoms in total. The smallest absolute Gasteiger partial charge is 0.265 e. The Hall–Kier alpha value is -1.47. The molecule has 0 radical (unpaired) electrons. The average Bonchev–Trinajstić information content (AvgIpc) is 3.26. The number of hydrogen-bond donors (Lipinski definition) is 1. The van der Waals surface area contributed by atoms with Crippen LogP contribution in [0.4, 0.5) is 0 Å². The fourth-order valence-corrected chi connectivity index (χ4v) is 2.89. The second-order valence-electron chi connectivity index (χ2n) is 4.79. The molecule has 1 aliphatic rings. The van der Waals surface area contributed by atoms with Crippen LogP contribution in [0.2, 0.25) is 0 Å². The third kappa shape index (κ3) is 3.79. The summed E-state index contributed by atoms with van der Waals surface area (Å²) in [6.45, 7) is 0.566. The Morgan fingerprint density at radius 2 is 1.90 bits per heavy atom. The van der Waals surface area contributed by atoms with Gasteiger partial charge in [0.25, 0.3) is 15.0 Å². The van der Waals surface area contributed by atoms with Gasteiger partial charge >= 0.3 is 0 Å². The molecule has 1 fully saturated rings. The third-order valence-electron chi connectivity index (χ3n) is 3.24. The fourth-order valence-electron chi connectivity index (χ4n) is 1.89. The largest absolute Gasteiger partial charge is 0.496 e. The molecule has 1 N–H and O–H groups in total. The van der Waals surface area contributed by atoms with Crippen molar-refractivity contribution < 1.29 is 22.7 Å². The van der Waals surface area contributed by atoms with Crippen LogP contribution in [-0.4, -0.2) is 35.1 Å². The fraction of sp³-hybridized carbons (Fsp3) is 0.462. The molecule has 116 valence electrons. The molecule has 1 amide bonds. The van der Waals surface area contributed by atoms with Gasteiger partial charge in [0, 0.05) is 23.3 Å². The number of carbonyl (C=O) groups excluding carboxylic acids is 1. The molecule has 1 saturated carbocycles. The van der Waals surface area contributed by atoms with E-state index in [1.165, 1.54) is 26.4 Å². The second kappa shape index (κ2) is 6.11. The maximum atomic E-state index is 12.2. The minimum Gasteiger partial charge on any atom is -0.496 e. The predicted octanol–water partition coefficient (Wildman–Crippen LogP) is 1.77. The molecular weight excluding hydrogens is 318 g/mol. The highest BCUT2D eigenvalue weighted by Gasteiger charge is 2.25. The van der Waals surface area contributed by atoms with E-state index in [2.05, 4.69) is 5.32 Å². The Labute approximate surface area is 127 Å². The van der Waals surface area contributed by atoms with E-state index in [9.17, 15) is 13.2 Å². The third-order valence-corrected chi connectivity index (χ3v) is 4.58. The molecule has 0 spiro atoms. The van der Waals surface area contributed by atoms with Gasteiger partial charge in [0.1, 0.15) is 16.4 Å². The van der Waals surface area contributed by atoms with E-state index < -0.39 is 15.0 Å². The molecule has 0 heterocycles. The summed E-state index contributed by atoms with van der Waals surface area (Å²) in [5.41, 5.74) is 0.109. The normalized spacial score (nSPS) is 14.6. The zero-order valence-corrected chi connectivity index (χ0v) is 13.3. The Morgan fingerprint density at radius 3 is 2.38 bits per heavy atom. The van der Waals surface area contributed by atoms with Crippen LogP contribution in [0.5, 0.6) is 11.5 Å². The van der Waals surface area contributed by atoms with Crippen LogP contribution in [-0.2, 0) is 9.05 Å². The lowest BCUT2D eigenvalue weighted by Crippen LogP contribution is -2.26. The van der Waals surface area contributed by atoms with Crippen molar-refractivity contribution in [3.63, 3.8) is 0 Å². The highest BCUT2D eigenvalue weighted by atomic mass is 35.7. The number of ether oxygens (including phenoxy) is 2. The van der Waals surface area contributed by atoms with Gasteiger partial charge < -0.3 is 14.8 Å².